The van der Waals surface area contributed by atoms with Gasteiger partial charge in [0.1, 0.15) is 12.2 Å². The van der Waals surface area contributed by atoms with Gasteiger partial charge in [0.2, 0.25) is 0 Å². The van der Waals surface area contributed by atoms with Crippen molar-refractivity contribution in [2.24, 2.45) is 0 Å². The maximum Gasteiger partial charge on any atom is 0.332 e. The lowest BCUT2D eigenvalue weighted by Crippen LogP contribution is -2.17. The van der Waals surface area contributed by atoms with Crippen molar-refractivity contribution in [3.8, 4) is 0 Å². The van der Waals surface area contributed by atoms with Crippen LogP contribution in [0.4, 0.5) is 0 Å². The number of hydrogen-bond donors (Lipinski definition) is 4. The Labute approximate surface area is 141 Å². The van der Waals surface area contributed by atoms with Crippen molar-refractivity contribution in [3.63, 3.8) is 0 Å². The van der Waals surface area contributed by atoms with Gasteiger partial charge in [-0.3, -0.25) is 9.88 Å². The van der Waals surface area contributed by atoms with Crippen LogP contribution in [-0.2, 0) is 9.59 Å². The number of rotatable bonds is 3. The van der Waals surface area contributed by atoms with Gasteiger partial charge in [0, 0.05) is 18.4 Å². The standard InChI is InChI=1S/C10H14N2.2C3H6O3/c1-12-7-3-5-10(12)9-4-2-6-11-8-9;2*1-2(4)3(5)6/h2,4,6,8,10H,3,5,7H2,1H3;2*2,4H,1H3,(H,5,6). The van der Waals surface area contributed by atoms with Crippen LogP contribution in [0.3, 0.4) is 0 Å². The molecule has 136 valence electrons. The van der Waals surface area contributed by atoms with Crippen molar-refractivity contribution in [2.75, 3.05) is 13.6 Å². The topological polar surface area (TPSA) is 131 Å². The molecule has 2 heterocycles. The van der Waals surface area contributed by atoms with E-state index in [4.69, 9.17) is 20.4 Å². The Morgan fingerprint density at radius 2 is 1.71 bits per heavy atom. The van der Waals surface area contributed by atoms with Crippen LogP contribution in [0.2, 0.25) is 0 Å². The third-order valence-corrected chi connectivity index (χ3v) is 3.30. The highest BCUT2D eigenvalue weighted by Crippen LogP contribution is 2.29. The Morgan fingerprint density at radius 3 is 2.00 bits per heavy atom. The van der Waals surface area contributed by atoms with Crippen molar-refractivity contribution in [1.82, 2.24) is 9.88 Å². The number of likely N-dealkylation sites (tertiary alicyclic amines) is 1. The van der Waals surface area contributed by atoms with E-state index >= 15 is 0 Å². The van der Waals surface area contributed by atoms with Gasteiger partial charge in [-0.2, -0.15) is 0 Å². The molecule has 1 aliphatic heterocycles. The number of pyridine rings is 1. The normalized spacial score (nSPS) is 19.1. The first kappa shape index (κ1) is 22.0. The summed E-state index contributed by atoms with van der Waals surface area (Å²) in [7, 11) is 2.19. The van der Waals surface area contributed by atoms with E-state index < -0.39 is 24.1 Å². The zero-order valence-electron chi connectivity index (χ0n) is 14.2. The molecule has 0 saturated carbocycles. The number of aliphatic hydroxyl groups excluding tert-OH is 2. The summed E-state index contributed by atoms with van der Waals surface area (Å²) < 4.78 is 0. The number of aromatic nitrogens is 1. The van der Waals surface area contributed by atoms with Gasteiger partial charge in [-0.25, -0.2) is 9.59 Å². The summed E-state index contributed by atoms with van der Waals surface area (Å²) in [5.41, 5.74) is 1.36. The fraction of sp³-hybridized carbons (Fsp3) is 0.562. The molecule has 1 aromatic rings. The molecule has 3 unspecified atom stereocenters. The number of carboxylic acids is 2. The Balaban J connectivity index is 0.000000377. The first-order chi connectivity index (χ1) is 11.2. The second-order valence-corrected chi connectivity index (χ2v) is 5.45. The summed E-state index contributed by atoms with van der Waals surface area (Å²) in [6.45, 7) is 3.62. The third kappa shape index (κ3) is 9.19. The van der Waals surface area contributed by atoms with E-state index in [9.17, 15) is 9.59 Å². The predicted molar refractivity (Wildman–Crippen MR) is 87.5 cm³/mol. The van der Waals surface area contributed by atoms with Gasteiger partial charge in [-0.05, 0) is 51.9 Å². The van der Waals surface area contributed by atoms with E-state index in [1.54, 1.807) is 0 Å². The minimum atomic E-state index is -1.23. The number of hydrogen-bond acceptors (Lipinski definition) is 6. The predicted octanol–water partition coefficient (Wildman–Crippen LogP) is 0.752. The van der Waals surface area contributed by atoms with Crippen LogP contribution in [-0.4, -0.2) is 68.0 Å². The monoisotopic (exact) mass is 342 g/mol. The highest BCUT2D eigenvalue weighted by atomic mass is 16.4. The molecule has 0 amide bonds. The van der Waals surface area contributed by atoms with Crippen molar-refractivity contribution >= 4 is 11.9 Å². The van der Waals surface area contributed by atoms with Crippen LogP contribution >= 0.6 is 0 Å². The minimum Gasteiger partial charge on any atom is -0.479 e. The molecule has 0 aliphatic carbocycles. The fourth-order valence-electron chi connectivity index (χ4n) is 1.90. The molecule has 4 N–H and O–H groups in total. The first-order valence-corrected chi connectivity index (χ1v) is 7.58. The Kier molecular flexibility index (Phi) is 10.5. The van der Waals surface area contributed by atoms with Crippen molar-refractivity contribution < 1.29 is 30.0 Å². The van der Waals surface area contributed by atoms with Crippen molar-refractivity contribution in [2.45, 2.75) is 44.9 Å². The number of carboxylic acid groups (broad SMARTS) is 2. The Hall–Kier alpha value is -2.03. The largest absolute Gasteiger partial charge is 0.479 e. The molecule has 1 aliphatic rings. The van der Waals surface area contributed by atoms with Crippen LogP contribution in [0, 0.1) is 0 Å². The quantitative estimate of drug-likeness (QED) is 0.633. The molecule has 24 heavy (non-hydrogen) atoms. The van der Waals surface area contributed by atoms with Gasteiger partial charge in [0.25, 0.3) is 0 Å². The molecule has 3 atom stereocenters. The van der Waals surface area contributed by atoms with Crippen LogP contribution in [0.5, 0.6) is 0 Å². The molecule has 8 heteroatoms. The van der Waals surface area contributed by atoms with Gasteiger partial charge >= 0.3 is 11.9 Å². The van der Waals surface area contributed by atoms with Gasteiger partial charge in [0.15, 0.2) is 0 Å². The molecule has 1 saturated heterocycles. The van der Waals surface area contributed by atoms with Crippen molar-refractivity contribution in [3.05, 3.63) is 30.1 Å². The number of aliphatic carboxylic acids is 2. The summed E-state index contributed by atoms with van der Waals surface area (Å²) in [6.07, 6.45) is 3.94. The van der Waals surface area contributed by atoms with E-state index in [1.807, 2.05) is 18.5 Å². The van der Waals surface area contributed by atoms with Gasteiger partial charge in [-0.1, -0.05) is 6.07 Å². The average Bonchev–Trinajstić information content (AvgIpc) is 2.95. The van der Waals surface area contributed by atoms with Crippen LogP contribution in [0.25, 0.3) is 0 Å². The van der Waals surface area contributed by atoms with E-state index in [0.717, 1.165) is 0 Å². The molecule has 0 aromatic carbocycles. The summed E-state index contributed by atoms with van der Waals surface area (Å²) in [4.78, 5) is 25.4. The highest BCUT2D eigenvalue weighted by Gasteiger charge is 2.21. The smallest absolute Gasteiger partial charge is 0.332 e. The van der Waals surface area contributed by atoms with E-state index in [-0.39, 0.29) is 0 Å². The van der Waals surface area contributed by atoms with Gasteiger partial charge < -0.3 is 20.4 Å². The maximum absolute atomic E-state index is 9.45. The molecule has 2 rings (SSSR count). The SMILES string of the molecule is CC(O)C(=O)O.CC(O)C(=O)O.CN1CCCC1c1cccnc1. The molecule has 1 aromatic heterocycles. The molecule has 8 nitrogen and oxygen atoms in total. The molecule has 0 spiro atoms. The molecule has 0 bridgehead atoms. The number of nitrogens with zero attached hydrogens (tertiary/aromatic N) is 2. The molecule has 1 fully saturated rings. The van der Waals surface area contributed by atoms with Crippen molar-refractivity contribution in [1.29, 1.82) is 0 Å². The summed E-state index contributed by atoms with van der Waals surface area (Å²) >= 11 is 0. The molecular weight excluding hydrogens is 316 g/mol. The lowest BCUT2D eigenvalue weighted by Gasteiger charge is -2.18. The Bertz CT molecular complexity index is 475. The fourth-order valence-corrected chi connectivity index (χ4v) is 1.90. The van der Waals surface area contributed by atoms with Gasteiger partial charge in [0.05, 0.1) is 0 Å². The molecule has 0 radical (unpaired) electrons. The lowest BCUT2D eigenvalue weighted by atomic mass is 10.1. The zero-order chi connectivity index (χ0) is 18.7. The highest BCUT2D eigenvalue weighted by molar-refractivity contribution is 5.71. The summed E-state index contributed by atoms with van der Waals surface area (Å²) in [6, 6.07) is 4.79. The third-order valence-electron chi connectivity index (χ3n) is 3.30. The van der Waals surface area contributed by atoms with Crippen LogP contribution < -0.4 is 0 Å². The van der Waals surface area contributed by atoms with E-state index in [0.29, 0.717) is 6.04 Å². The van der Waals surface area contributed by atoms with Crippen LogP contribution in [0.1, 0.15) is 38.3 Å². The summed E-state index contributed by atoms with van der Waals surface area (Å²) in [5, 5.41) is 31.5. The van der Waals surface area contributed by atoms with Gasteiger partial charge in [-0.15, -0.1) is 0 Å². The number of carbonyl (C=O) groups is 2. The number of aliphatic hydroxyl groups is 2. The lowest BCUT2D eigenvalue weighted by molar-refractivity contribution is -0.146. The maximum atomic E-state index is 9.45. The average molecular weight is 342 g/mol. The van der Waals surface area contributed by atoms with E-state index in [1.165, 1.54) is 38.8 Å². The second-order valence-electron chi connectivity index (χ2n) is 5.45. The molecular formula is C16H26N2O6. The second kappa shape index (κ2) is 11.5. The summed E-state index contributed by atoms with van der Waals surface area (Å²) in [5.74, 6) is -2.37. The zero-order valence-corrected chi connectivity index (χ0v) is 14.2. The van der Waals surface area contributed by atoms with E-state index in [2.05, 4.69) is 23.0 Å². The minimum absolute atomic E-state index is 0.610. The first-order valence-electron chi connectivity index (χ1n) is 7.58. The Morgan fingerprint density at radius 1 is 1.21 bits per heavy atom. The van der Waals surface area contributed by atoms with Crippen LogP contribution in [0.15, 0.2) is 24.5 Å².